The van der Waals surface area contributed by atoms with E-state index in [0.717, 1.165) is 30.3 Å². The van der Waals surface area contributed by atoms with Gasteiger partial charge in [-0.2, -0.15) is 13.2 Å². The molecule has 0 aliphatic carbocycles. The van der Waals surface area contributed by atoms with E-state index in [0.29, 0.717) is 18.9 Å². The minimum absolute atomic E-state index is 0.0681. The Morgan fingerprint density at radius 2 is 1.83 bits per heavy atom. The van der Waals surface area contributed by atoms with Crippen LogP contribution in [0.25, 0.3) is 0 Å². The second kappa shape index (κ2) is 8.28. The lowest BCUT2D eigenvalue weighted by atomic mass is 9.90. The maximum Gasteiger partial charge on any atom is 0.416 e. The number of alkyl halides is 3. The molecule has 3 nitrogen and oxygen atoms in total. The second-order valence-corrected chi connectivity index (χ2v) is 7.30. The van der Waals surface area contributed by atoms with Crippen molar-refractivity contribution in [2.75, 3.05) is 6.54 Å². The molecule has 0 aromatic heterocycles. The SMILES string of the molecule is O=C(O)C1CCCCN1C(c1ccc(F)cc1F)c1cc(C(F)(F)F)ccc1Cl. The van der Waals surface area contributed by atoms with Gasteiger partial charge in [0.1, 0.15) is 17.7 Å². The van der Waals surface area contributed by atoms with E-state index in [1.807, 2.05) is 0 Å². The summed E-state index contributed by atoms with van der Waals surface area (Å²) in [6.45, 7) is 0.213. The van der Waals surface area contributed by atoms with Gasteiger partial charge in [0.15, 0.2) is 0 Å². The van der Waals surface area contributed by atoms with E-state index in [1.165, 1.54) is 4.90 Å². The number of nitrogens with zero attached hydrogens (tertiary/aromatic N) is 1. The molecule has 0 spiro atoms. The maximum absolute atomic E-state index is 14.7. The minimum atomic E-state index is -4.67. The predicted octanol–water partition coefficient (Wildman–Crippen LogP) is 5.67. The van der Waals surface area contributed by atoms with E-state index in [1.54, 1.807) is 0 Å². The number of carboxylic acid groups (broad SMARTS) is 1. The van der Waals surface area contributed by atoms with E-state index in [4.69, 9.17) is 11.6 Å². The van der Waals surface area contributed by atoms with Crippen molar-refractivity contribution in [2.24, 2.45) is 0 Å². The molecule has 1 N–H and O–H groups in total. The summed E-state index contributed by atoms with van der Waals surface area (Å²) in [5, 5.41) is 9.54. The summed E-state index contributed by atoms with van der Waals surface area (Å²) >= 11 is 6.18. The Morgan fingerprint density at radius 3 is 2.45 bits per heavy atom. The molecular weight excluding hydrogens is 417 g/mol. The number of rotatable bonds is 4. The first-order valence-electron chi connectivity index (χ1n) is 8.89. The first-order valence-corrected chi connectivity index (χ1v) is 9.27. The van der Waals surface area contributed by atoms with E-state index in [2.05, 4.69) is 0 Å². The van der Waals surface area contributed by atoms with E-state index >= 15 is 0 Å². The number of piperidine rings is 1. The van der Waals surface area contributed by atoms with Crippen molar-refractivity contribution >= 4 is 17.6 Å². The zero-order valence-electron chi connectivity index (χ0n) is 15.0. The number of likely N-dealkylation sites (tertiary alicyclic amines) is 1. The van der Waals surface area contributed by atoms with Gasteiger partial charge in [-0.25, -0.2) is 8.78 Å². The first kappa shape index (κ1) is 21.5. The Morgan fingerprint density at radius 1 is 1.10 bits per heavy atom. The summed E-state index contributed by atoms with van der Waals surface area (Å²) in [5.74, 6) is -3.01. The number of carboxylic acids is 1. The van der Waals surface area contributed by atoms with E-state index in [9.17, 15) is 31.9 Å². The molecule has 9 heteroatoms. The van der Waals surface area contributed by atoms with Crippen molar-refractivity contribution in [3.63, 3.8) is 0 Å². The highest BCUT2D eigenvalue weighted by Gasteiger charge is 2.38. The molecule has 29 heavy (non-hydrogen) atoms. The van der Waals surface area contributed by atoms with Crippen LogP contribution in [0, 0.1) is 11.6 Å². The highest BCUT2D eigenvalue weighted by molar-refractivity contribution is 6.31. The van der Waals surface area contributed by atoms with Crippen LogP contribution in [0.2, 0.25) is 5.02 Å². The Kier molecular flexibility index (Phi) is 6.14. The molecule has 0 bridgehead atoms. The van der Waals surface area contributed by atoms with Crippen molar-refractivity contribution in [3.05, 3.63) is 69.7 Å². The third-order valence-corrected chi connectivity index (χ3v) is 5.38. The third kappa shape index (κ3) is 4.53. The lowest BCUT2D eigenvalue weighted by molar-refractivity contribution is -0.145. The Bertz CT molecular complexity index is 918. The fourth-order valence-corrected chi connectivity index (χ4v) is 3.93. The molecular formula is C20H17ClF5NO2. The normalized spacial score (nSPS) is 19.2. The smallest absolute Gasteiger partial charge is 0.416 e. The zero-order chi connectivity index (χ0) is 21.3. The summed E-state index contributed by atoms with van der Waals surface area (Å²) in [7, 11) is 0. The van der Waals surface area contributed by atoms with E-state index < -0.39 is 41.4 Å². The number of benzene rings is 2. The van der Waals surface area contributed by atoms with Crippen LogP contribution in [0.15, 0.2) is 36.4 Å². The van der Waals surface area contributed by atoms with Gasteiger partial charge in [0, 0.05) is 16.7 Å². The van der Waals surface area contributed by atoms with Gasteiger partial charge in [0.25, 0.3) is 0 Å². The zero-order valence-corrected chi connectivity index (χ0v) is 15.8. The molecule has 2 aromatic carbocycles. The molecule has 1 fully saturated rings. The van der Waals surface area contributed by atoms with Crippen molar-refractivity contribution in [1.29, 1.82) is 0 Å². The van der Waals surface area contributed by atoms with Gasteiger partial charge in [-0.15, -0.1) is 0 Å². The van der Waals surface area contributed by atoms with Gasteiger partial charge in [-0.05, 0) is 49.2 Å². The number of hydrogen-bond donors (Lipinski definition) is 1. The lowest BCUT2D eigenvalue weighted by Gasteiger charge is -2.40. The molecule has 1 heterocycles. The fourth-order valence-electron chi connectivity index (χ4n) is 3.71. The van der Waals surface area contributed by atoms with Crippen molar-refractivity contribution in [1.82, 2.24) is 4.90 Å². The molecule has 0 saturated carbocycles. The average molecular weight is 434 g/mol. The minimum Gasteiger partial charge on any atom is -0.480 e. The lowest BCUT2D eigenvalue weighted by Crippen LogP contribution is -2.47. The molecule has 1 aliphatic rings. The third-order valence-electron chi connectivity index (χ3n) is 5.04. The van der Waals surface area contributed by atoms with E-state index in [-0.39, 0.29) is 29.1 Å². The van der Waals surface area contributed by atoms with Gasteiger partial charge >= 0.3 is 12.1 Å². The van der Waals surface area contributed by atoms with Crippen molar-refractivity contribution in [3.8, 4) is 0 Å². The number of halogens is 6. The molecule has 2 aromatic rings. The van der Waals surface area contributed by atoms with Crippen LogP contribution in [0.4, 0.5) is 22.0 Å². The number of aliphatic carboxylic acids is 1. The first-order chi connectivity index (χ1) is 13.6. The molecule has 1 saturated heterocycles. The summed E-state index contributed by atoms with van der Waals surface area (Å²) < 4.78 is 67.9. The van der Waals surface area contributed by atoms with Gasteiger partial charge in [0.2, 0.25) is 0 Å². The quantitative estimate of drug-likeness (QED) is 0.632. The molecule has 0 amide bonds. The van der Waals surface area contributed by atoms with Crippen LogP contribution < -0.4 is 0 Å². The highest BCUT2D eigenvalue weighted by Crippen LogP contribution is 2.41. The molecule has 0 radical (unpaired) electrons. The van der Waals surface area contributed by atoms with Crippen LogP contribution in [-0.2, 0) is 11.0 Å². The van der Waals surface area contributed by atoms with Gasteiger partial charge in [-0.1, -0.05) is 24.1 Å². The van der Waals surface area contributed by atoms with Crippen LogP contribution >= 0.6 is 11.6 Å². The summed E-state index contributed by atoms with van der Waals surface area (Å²) in [5.41, 5.74) is -1.21. The monoisotopic (exact) mass is 433 g/mol. The van der Waals surface area contributed by atoms with Crippen molar-refractivity contribution in [2.45, 2.75) is 37.5 Å². The van der Waals surface area contributed by atoms with Crippen LogP contribution in [0.3, 0.4) is 0 Å². The van der Waals surface area contributed by atoms with Crippen LogP contribution in [0.5, 0.6) is 0 Å². The maximum atomic E-state index is 14.7. The Hall–Kier alpha value is -2.19. The summed E-state index contributed by atoms with van der Waals surface area (Å²) in [6.07, 6.45) is -3.22. The topological polar surface area (TPSA) is 40.5 Å². The van der Waals surface area contributed by atoms with Gasteiger partial charge < -0.3 is 5.11 Å². The Labute approximate surface area is 168 Å². The summed E-state index contributed by atoms with van der Waals surface area (Å²) in [4.78, 5) is 13.2. The average Bonchev–Trinajstić information content (AvgIpc) is 2.64. The Balaban J connectivity index is 2.22. The standard InChI is InChI=1S/C20H17ClF5NO2/c21-15-7-4-11(20(24,25)26)9-14(15)18(13-6-5-12(22)10-16(13)23)27-8-2-1-3-17(27)19(28)29/h4-7,9-10,17-18H,1-3,8H2,(H,28,29). The largest absolute Gasteiger partial charge is 0.480 e. The van der Waals surface area contributed by atoms with Crippen molar-refractivity contribution < 1.29 is 31.9 Å². The second-order valence-electron chi connectivity index (χ2n) is 6.89. The number of hydrogen-bond acceptors (Lipinski definition) is 2. The highest BCUT2D eigenvalue weighted by atomic mass is 35.5. The van der Waals surface area contributed by atoms with Gasteiger partial charge in [-0.3, -0.25) is 9.69 Å². The number of carbonyl (C=O) groups is 1. The molecule has 1 aliphatic heterocycles. The molecule has 3 rings (SSSR count). The van der Waals surface area contributed by atoms with Crippen LogP contribution in [-0.4, -0.2) is 28.6 Å². The molecule has 2 unspecified atom stereocenters. The van der Waals surface area contributed by atoms with Crippen LogP contribution in [0.1, 0.15) is 42.0 Å². The van der Waals surface area contributed by atoms with Gasteiger partial charge in [0.05, 0.1) is 11.6 Å². The molecule has 156 valence electrons. The molecule has 2 atom stereocenters. The fraction of sp³-hybridized carbons (Fsp3) is 0.350. The predicted molar refractivity (Wildman–Crippen MR) is 96.6 cm³/mol. The summed E-state index contributed by atoms with van der Waals surface area (Å²) in [6, 6.07) is 3.09.